The van der Waals surface area contributed by atoms with Crippen molar-refractivity contribution < 1.29 is 18.8 Å². The molecule has 3 N–H and O–H groups in total. The van der Waals surface area contributed by atoms with E-state index in [9.17, 15) is 18.8 Å². The van der Waals surface area contributed by atoms with Gasteiger partial charge < -0.3 is 5.32 Å². The van der Waals surface area contributed by atoms with Crippen molar-refractivity contribution in [2.75, 3.05) is 0 Å². The SMILES string of the molecule is CC(C)NC(=O)C(=O)NNC(=O)/C=C/c1cccc(F)c1. The van der Waals surface area contributed by atoms with Crippen molar-refractivity contribution in [3.63, 3.8) is 0 Å². The molecule has 3 amide bonds. The Bertz CT molecular complexity index is 570. The first-order valence-corrected chi connectivity index (χ1v) is 6.23. The van der Waals surface area contributed by atoms with Crippen LogP contribution in [0.3, 0.4) is 0 Å². The molecule has 112 valence electrons. The maximum absolute atomic E-state index is 12.9. The highest BCUT2D eigenvalue weighted by Gasteiger charge is 2.14. The van der Waals surface area contributed by atoms with E-state index in [0.717, 1.165) is 6.08 Å². The van der Waals surface area contributed by atoms with E-state index in [4.69, 9.17) is 0 Å². The molecule has 0 saturated heterocycles. The normalized spacial score (nSPS) is 10.5. The number of carbonyl (C=O) groups is 3. The molecular weight excluding hydrogens is 277 g/mol. The van der Waals surface area contributed by atoms with Crippen LogP contribution in [0.5, 0.6) is 0 Å². The quantitative estimate of drug-likeness (QED) is 0.431. The Hall–Kier alpha value is -2.70. The number of carbonyl (C=O) groups excluding carboxylic acids is 3. The zero-order chi connectivity index (χ0) is 15.8. The Morgan fingerprint density at radius 1 is 1.14 bits per heavy atom. The van der Waals surface area contributed by atoms with Crippen molar-refractivity contribution in [1.82, 2.24) is 16.2 Å². The molecule has 6 nitrogen and oxygen atoms in total. The van der Waals surface area contributed by atoms with Crippen LogP contribution in [-0.4, -0.2) is 23.8 Å². The zero-order valence-electron chi connectivity index (χ0n) is 11.6. The van der Waals surface area contributed by atoms with Gasteiger partial charge in [0.1, 0.15) is 5.82 Å². The predicted octanol–water partition coefficient (Wildman–Crippen LogP) is 0.511. The molecule has 7 heteroatoms. The van der Waals surface area contributed by atoms with Gasteiger partial charge in [-0.3, -0.25) is 25.2 Å². The summed E-state index contributed by atoms with van der Waals surface area (Å²) in [6.45, 7) is 3.40. The first-order chi connectivity index (χ1) is 9.88. The molecule has 1 aromatic rings. The monoisotopic (exact) mass is 293 g/mol. The lowest BCUT2D eigenvalue weighted by Gasteiger charge is -2.08. The van der Waals surface area contributed by atoms with Gasteiger partial charge in [-0.2, -0.15) is 0 Å². The molecule has 1 aromatic carbocycles. The summed E-state index contributed by atoms with van der Waals surface area (Å²) in [5.41, 5.74) is 4.50. The molecule has 0 spiro atoms. The first-order valence-electron chi connectivity index (χ1n) is 6.23. The van der Waals surface area contributed by atoms with E-state index < -0.39 is 23.5 Å². The van der Waals surface area contributed by atoms with E-state index in [1.54, 1.807) is 19.9 Å². The van der Waals surface area contributed by atoms with E-state index in [1.165, 1.54) is 24.3 Å². The molecule has 0 atom stereocenters. The average molecular weight is 293 g/mol. The van der Waals surface area contributed by atoms with Crippen LogP contribution in [0.25, 0.3) is 6.08 Å². The Morgan fingerprint density at radius 2 is 1.86 bits per heavy atom. The smallest absolute Gasteiger partial charge is 0.327 e. The van der Waals surface area contributed by atoms with Gasteiger partial charge in [0.2, 0.25) is 0 Å². The van der Waals surface area contributed by atoms with Gasteiger partial charge in [-0.15, -0.1) is 0 Å². The fourth-order valence-corrected chi connectivity index (χ4v) is 1.33. The van der Waals surface area contributed by atoms with E-state index in [2.05, 4.69) is 5.32 Å². The minimum atomic E-state index is -0.976. The van der Waals surface area contributed by atoms with Crippen molar-refractivity contribution >= 4 is 23.8 Å². The third-order valence-electron chi connectivity index (χ3n) is 2.20. The molecule has 0 aliphatic heterocycles. The number of hydrogen-bond acceptors (Lipinski definition) is 3. The number of hydrazine groups is 1. The summed E-state index contributed by atoms with van der Waals surface area (Å²) in [5.74, 6) is -2.89. The van der Waals surface area contributed by atoms with Crippen LogP contribution >= 0.6 is 0 Å². The summed E-state index contributed by atoms with van der Waals surface area (Å²) in [7, 11) is 0. The number of nitrogens with one attached hydrogen (secondary N) is 3. The molecular formula is C14H16FN3O3. The maximum atomic E-state index is 12.9. The van der Waals surface area contributed by atoms with Crippen molar-refractivity contribution in [2.45, 2.75) is 19.9 Å². The van der Waals surface area contributed by atoms with Crippen LogP contribution in [0.2, 0.25) is 0 Å². The largest absolute Gasteiger partial charge is 0.346 e. The van der Waals surface area contributed by atoms with Crippen molar-refractivity contribution in [1.29, 1.82) is 0 Å². The van der Waals surface area contributed by atoms with Gasteiger partial charge >= 0.3 is 11.8 Å². The van der Waals surface area contributed by atoms with Crippen LogP contribution in [0.15, 0.2) is 30.3 Å². The van der Waals surface area contributed by atoms with Crippen LogP contribution in [-0.2, 0) is 14.4 Å². The van der Waals surface area contributed by atoms with Crippen LogP contribution < -0.4 is 16.2 Å². The zero-order valence-corrected chi connectivity index (χ0v) is 11.6. The fraction of sp³-hybridized carbons (Fsp3) is 0.214. The molecule has 0 radical (unpaired) electrons. The Balaban J connectivity index is 2.44. The molecule has 1 rings (SSSR count). The molecule has 21 heavy (non-hydrogen) atoms. The lowest BCUT2D eigenvalue weighted by Crippen LogP contribution is -2.49. The highest BCUT2D eigenvalue weighted by Crippen LogP contribution is 2.04. The lowest BCUT2D eigenvalue weighted by molar-refractivity contribution is -0.140. The molecule has 0 aliphatic rings. The second kappa shape index (κ2) is 7.78. The third kappa shape index (κ3) is 6.33. The van der Waals surface area contributed by atoms with Crippen molar-refractivity contribution in [3.05, 3.63) is 41.7 Å². The standard InChI is InChI=1S/C14H16FN3O3/c1-9(2)16-13(20)14(21)18-17-12(19)7-6-10-4-3-5-11(15)8-10/h3-9H,1-2H3,(H,16,20)(H,17,19)(H,18,21)/b7-6+. The molecule has 0 bridgehead atoms. The maximum Gasteiger partial charge on any atom is 0.327 e. The second-order valence-electron chi connectivity index (χ2n) is 4.46. The summed E-state index contributed by atoms with van der Waals surface area (Å²) in [6, 6.07) is 5.46. The van der Waals surface area contributed by atoms with E-state index in [1.807, 2.05) is 10.9 Å². The summed E-state index contributed by atoms with van der Waals surface area (Å²) >= 11 is 0. The highest BCUT2D eigenvalue weighted by atomic mass is 19.1. The summed E-state index contributed by atoms with van der Waals surface area (Å²) < 4.78 is 12.9. The minimum absolute atomic E-state index is 0.188. The Kier molecular flexibility index (Phi) is 6.06. The van der Waals surface area contributed by atoms with Gasteiger partial charge in [-0.1, -0.05) is 12.1 Å². The molecule has 0 saturated carbocycles. The van der Waals surface area contributed by atoms with Crippen LogP contribution in [0, 0.1) is 5.82 Å². The second-order valence-corrected chi connectivity index (χ2v) is 4.46. The fourth-order valence-electron chi connectivity index (χ4n) is 1.33. The number of hydrogen-bond donors (Lipinski definition) is 3. The van der Waals surface area contributed by atoms with Gasteiger partial charge in [-0.25, -0.2) is 4.39 Å². The highest BCUT2D eigenvalue weighted by molar-refractivity contribution is 6.35. The van der Waals surface area contributed by atoms with E-state index in [-0.39, 0.29) is 6.04 Å². The molecule has 0 fully saturated rings. The average Bonchev–Trinajstić information content (AvgIpc) is 2.41. The topological polar surface area (TPSA) is 87.3 Å². The summed E-state index contributed by atoms with van der Waals surface area (Å²) in [4.78, 5) is 34.0. The molecule has 0 unspecified atom stereocenters. The molecule has 0 aromatic heterocycles. The first kappa shape index (κ1) is 16.4. The minimum Gasteiger partial charge on any atom is -0.346 e. The number of halogens is 1. The number of rotatable bonds is 3. The van der Waals surface area contributed by atoms with E-state index in [0.29, 0.717) is 5.56 Å². The summed E-state index contributed by atoms with van der Waals surface area (Å²) in [6.07, 6.45) is 2.48. The Labute approximate surface area is 121 Å². The van der Waals surface area contributed by atoms with Crippen molar-refractivity contribution in [2.24, 2.45) is 0 Å². The van der Waals surface area contributed by atoms with Crippen LogP contribution in [0.1, 0.15) is 19.4 Å². The lowest BCUT2D eigenvalue weighted by atomic mass is 10.2. The molecule has 0 heterocycles. The van der Waals surface area contributed by atoms with Gasteiger partial charge in [0.05, 0.1) is 0 Å². The number of benzene rings is 1. The number of amides is 3. The Morgan fingerprint density at radius 3 is 2.48 bits per heavy atom. The predicted molar refractivity (Wildman–Crippen MR) is 75.0 cm³/mol. The van der Waals surface area contributed by atoms with Crippen LogP contribution in [0.4, 0.5) is 4.39 Å². The third-order valence-corrected chi connectivity index (χ3v) is 2.20. The van der Waals surface area contributed by atoms with Gasteiger partial charge in [0.15, 0.2) is 0 Å². The van der Waals surface area contributed by atoms with Crippen molar-refractivity contribution in [3.8, 4) is 0 Å². The van der Waals surface area contributed by atoms with Gasteiger partial charge in [0, 0.05) is 12.1 Å². The van der Waals surface area contributed by atoms with Gasteiger partial charge in [-0.05, 0) is 37.6 Å². The molecule has 0 aliphatic carbocycles. The van der Waals surface area contributed by atoms with E-state index >= 15 is 0 Å². The van der Waals surface area contributed by atoms with Gasteiger partial charge in [0.25, 0.3) is 5.91 Å². The summed E-state index contributed by atoms with van der Waals surface area (Å²) in [5, 5.41) is 2.37.